The van der Waals surface area contributed by atoms with Gasteiger partial charge in [0, 0.05) is 6.04 Å². The Kier molecular flexibility index (Phi) is 2.29. The van der Waals surface area contributed by atoms with Gasteiger partial charge in [0.25, 0.3) is 0 Å². The van der Waals surface area contributed by atoms with E-state index in [0.717, 1.165) is 18.4 Å². The zero-order chi connectivity index (χ0) is 9.26. The Morgan fingerprint density at radius 3 is 2.38 bits per heavy atom. The Balaban J connectivity index is 1.99. The van der Waals surface area contributed by atoms with E-state index in [9.17, 15) is 4.39 Å². The molecule has 13 heavy (non-hydrogen) atoms. The normalized spacial score (nSPS) is 26.9. The number of rotatable bonds is 2. The van der Waals surface area contributed by atoms with Crippen LogP contribution in [0, 0.1) is 5.82 Å². The molecule has 0 saturated heterocycles. The Bertz CT molecular complexity index is 279. The molecular weight excluding hydrogens is 169 g/mol. The van der Waals surface area contributed by atoms with Crippen molar-refractivity contribution in [3.63, 3.8) is 0 Å². The molecule has 1 saturated carbocycles. The predicted octanol–water partition coefficient (Wildman–Crippen LogP) is 2.05. The summed E-state index contributed by atoms with van der Waals surface area (Å²) in [5, 5.41) is 8.58. The molecule has 0 radical (unpaired) electrons. The summed E-state index contributed by atoms with van der Waals surface area (Å²) in [6.45, 7) is 0. The zero-order valence-electron chi connectivity index (χ0n) is 7.20. The van der Waals surface area contributed by atoms with Crippen molar-refractivity contribution in [3.05, 3.63) is 35.6 Å². The SMILES string of the molecule is ONC1CC(c2ccc(F)cc2)C1. The van der Waals surface area contributed by atoms with Crippen molar-refractivity contribution < 1.29 is 9.60 Å². The number of benzene rings is 1. The van der Waals surface area contributed by atoms with Gasteiger partial charge in [-0.1, -0.05) is 12.1 Å². The highest BCUT2D eigenvalue weighted by molar-refractivity contribution is 5.23. The fourth-order valence-electron chi connectivity index (χ4n) is 1.73. The molecule has 0 bridgehead atoms. The highest BCUT2D eigenvalue weighted by Crippen LogP contribution is 2.36. The van der Waals surface area contributed by atoms with Crippen LogP contribution in [0.3, 0.4) is 0 Å². The van der Waals surface area contributed by atoms with Crippen molar-refractivity contribution in [2.75, 3.05) is 0 Å². The van der Waals surface area contributed by atoms with E-state index in [-0.39, 0.29) is 11.9 Å². The third-order valence-corrected chi connectivity index (χ3v) is 2.66. The fourth-order valence-corrected chi connectivity index (χ4v) is 1.73. The van der Waals surface area contributed by atoms with Gasteiger partial charge in [-0.2, -0.15) is 0 Å². The first-order valence-corrected chi connectivity index (χ1v) is 4.44. The van der Waals surface area contributed by atoms with E-state index in [1.54, 1.807) is 0 Å². The maximum atomic E-state index is 12.6. The molecule has 0 aliphatic heterocycles. The summed E-state index contributed by atoms with van der Waals surface area (Å²) in [7, 11) is 0. The van der Waals surface area contributed by atoms with E-state index in [0.29, 0.717) is 5.92 Å². The molecule has 0 aromatic heterocycles. The summed E-state index contributed by atoms with van der Waals surface area (Å²) in [5.41, 5.74) is 3.40. The highest BCUT2D eigenvalue weighted by atomic mass is 19.1. The molecule has 0 unspecified atom stereocenters. The van der Waals surface area contributed by atoms with Gasteiger partial charge in [0.05, 0.1) is 0 Å². The maximum absolute atomic E-state index is 12.6. The van der Waals surface area contributed by atoms with Crippen LogP contribution >= 0.6 is 0 Å². The average molecular weight is 181 g/mol. The summed E-state index contributed by atoms with van der Waals surface area (Å²) in [5.74, 6) is 0.283. The zero-order valence-corrected chi connectivity index (χ0v) is 7.20. The summed E-state index contributed by atoms with van der Waals surface area (Å²) in [4.78, 5) is 0. The summed E-state index contributed by atoms with van der Waals surface area (Å²) >= 11 is 0. The molecule has 1 aromatic rings. The van der Waals surface area contributed by atoms with E-state index in [2.05, 4.69) is 5.48 Å². The molecule has 1 aromatic carbocycles. The lowest BCUT2D eigenvalue weighted by Crippen LogP contribution is -2.38. The molecule has 1 aliphatic rings. The first-order valence-electron chi connectivity index (χ1n) is 4.44. The van der Waals surface area contributed by atoms with Crippen molar-refractivity contribution in [2.45, 2.75) is 24.8 Å². The van der Waals surface area contributed by atoms with Gasteiger partial charge < -0.3 is 5.21 Å². The van der Waals surface area contributed by atoms with Crippen LogP contribution < -0.4 is 5.48 Å². The van der Waals surface area contributed by atoms with E-state index in [4.69, 9.17) is 5.21 Å². The van der Waals surface area contributed by atoms with Crippen molar-refractivity contribution in [1.82, 2.24) is 5.48 Å². The predicted molar refractivity (Wildman–Crippen MR) is 47.1 cm³/mol. The number of nitrogens with one attached hydrogen (secondary N) is 1. The monoisotopic (exact) mass is 181 g/mol. The van der Waals surface area contributed by atoms with Crippen LogP contribution in [0.25, 0.3) is 0 Å². The number of hydrogen-bond acceptors (Lipinski definition) is 2. The lowest BCUT2D eigenvalue weighted by molar-refractivity contribution is 0.0782. The minimum absolute atomic E-state index is 0.195. The first kappa shape index (κ1) is 8.66. The largest absolute Gasteiger partial charge is 0.317 e. The molecule has 0 atom stereocenters. The van der Waals surface area contributed by atoms with Crippen molar-refractivity contribution in [3.8, 4) is 0 Å². The number of hydrogen-bond donors (Lipinski definition) is 2. The standard InChI is InChI=1S/C10H12FNO/c11-9-3-1-7(2-4-9)8-5-10(6-8)12-13/h1-4,8,10,12-13H,5-6H2. The molecular formula is C10H12FNO. The average Bonchev–Trinajstić information content (AvgIpc) is 2.06. The van der Waals surface area contributed by atoms with Gasteiger partial charge >= 0.3 is 0 Å². The summed E-state index contributed by atoms with van der Waals surface area (Å²) < 4.78 is 12.6. The van der Waals surface area contributed by atoms with Crippen LogP contribution in [0.5, 0.6) is 0 Å². The smallest absolute Gasteiger partial charge is 0.123 e. The van der Waals surface area contributed by atoms with Gasteiger partial charge in [0.2, 0.25) is 0 Å². The molecule has 3 heteroatoms. The van der Waals surface area contributed by atoms with E-state index < -0.39 is 0 Å². The second kappa shape index (κ2) is 3.44. The van der Waals surface area contributed by atoms with Crippen LogP contribution in [0.4, 0.5) is 4.39 Å². The Hall–Kier alpha value is -0.930. The first-order chi connectivity index (χ1) is 6.29. The van der Waals surface area contributed by atoms with Crippen molar-refractivity contribution >= 4 is 0 Å². The lowest BCUT2D eigenvalue weighted by atomic mass is 9.76. The van der Waals surface area contributed by atoms with Gasteiger partial charge in [-0.25, -0.2) is 9.87 Å². The van der Waals surface area contributed by atoms with Crippen LogP contribution in [-0.2, 0) is 0 Å². The molecule has 70 valence electrons. The Labute approximate surface area is 76.3 Å². The molecule has 2 N–H and O–H groups in total. The highest BCUT2D eigenvalue weighted by Gasteiger charge is 2.29. The number of halogens is 1. The second-order valence-electron chi connectivity index (χ2n) is 3.55. The van der Waals surface area contributed by atoms with Crippen molar-refractivity contribution in [2.24, 2.45) is 0 Å². The Morgan fingerprint density at radius 2 is 1.85 bits per heavy atom. The van der Waals surface area contributed by atoms with E-state index >= 15 is 0 Å². The molecule has 0 spiro atoms. The molecule has 0 heterocycles. The molecule has 1 fully saturated rings. The van der Waals surface area contributed by atoms with E-state index in [1.807, 2.05) is 12.1 Å². The van der Waals surface area contributed by atoms with Gasteiger partial charge in [-0.3, -0.25) is 0 Å². The minimum Gasteiger partial charge on any atom is -0.317 e. The number of hydroxylamine groups is 1. The van der Waals surface area contributed by atoms with Gasteiger partial charge in [0.1, 0.15) is 5.82 Å². The molecule has 2 nitrogen and oxygen atoms in total. The maximum Gasteiger partial charge on any atom is 0.123 e. The van der Waals surface area contributed by atoms with Gasteiger partial charge in [-0.05, 0) is 36.5 Å². The topological polar surface area (TPSA) is 32.3 Å². The van der Waals surface area contributed by atoms with Gasteiger partial charge in [0.15, 0.2) is 0 Å². The second-order valence-corrected chi connectivity index (χ2v) is 3.55. The van der Waals surface area contributed by atoms with Crippen LogP contribution in [0.1, 0.15) is 24.3 Å². The summed E-state index contributed by atoms with van der Waals surface area (Å²) in [6.07, 6.45) is 1.87. The third-order valence-electron chi connectivity index (χ3n) is 2.66. The summed E-state index contributed by atoms with van der Waals surface area (Å²) in [6, 6.07) is 6.81. The van der Waals surface area contributed by atoms with Gasteiger partial charge in [-0.15, -0.1) is 0 Å². The minimum atomic E-state index is -0.195. The van der Waals surface area contributed by atoms with Crippen LogP contribution in [0.15, 0.2) is 24.3 Å². The molecule has 1 aliphatic carbocycles. The van der Waals surface area contributed by atoms with Crippen LogP contribution in [-0.4, -0.2) is 11.2 Å². The molecule has 0 amide bonds. The van der Waals surface area contributed by atoms with Crippen molar-refractivity contribution in [1.29, 1.82) is 0 Å². The quantitative estimate of drug-likeness (QED) is 0.684. The Morgan fingerprint density at radius 1 is 1.23 bits per heavy atom. The van der Waals surface area contributed by atoms with E-state index in [1.165, 1.54) is 12.1 Å². The lowest BCUT2D eigenvalue weighted by Gasteiger charge is -2.34. The molecule has 2 rings (SSSR count). The third kappa shape index (κ3) is 1.71. The van der Waals surface area contributed by atoms with Crippen LogP contribution in [0.2, 0.25) is 0 Å². The fraction of sp³-hybridized carbons (Fsp3) is 0.400.